The molecule has 0 atom stereocenters. The average molecular weight is 399 g/mol. The number of aromatic nitrogens is 1. The summed E-state index contributed by atoms with van der Waals surface area (Å²) in [6.45, 7) is 0. The van der Waals surface area contributed by atoms with E-state index in [1.54, 1.807) is 6.20 Å². The van der Waals surface area contributed by atoms with Gasteiger partial charge in [-0.1, -0.05) is 54.6 Å². The Labute approximate surface area is 173 Å². The van der Waals surface area contributed by atoms with Gasteiger partial charge in [0.1, 0.15) is 5.76 Å². The first-order valence-corrected chi connectivity index (χ1v) is 9.91. The molecule has 6 heteroatoms. The van der Waals surface area contributed by atoms with E-state index in [-0.39, 0.29) is 0 Å². The summed E-state index contributed by atoms with van der Waals surface area (Å²) in [7, 11) is 0. The molecule has 2 aromatic heterocycles. The maximum absolute atomic E-state index is 11.3. The van der Waals surface area contributed by atoms with Crippen molar-refractivity contribution in [2.24, 2.45) is 0 Å². The van der Waals surface area contributed by atoms with Crippen LogP contribution >= 0.6 is 0 Å². The minimum absolute atomic E-state index is 0.490. The van der Waals surface area contributed by atoms with Gasteiger partial charge in [0.05, 0.1) is 22.8 Å². The minimum atomic E-state index is -0.994. The molecule has 150 valence electrons. The molecule has 2 aromatic carbocycles. The van der Waals surface area contributed by atoms with Crippen LogP contribution in [-0.2, 0) is 5.54 Å². The van der Waals surface area contributed by atoms with Crippen molar-refractivity contribution in [1.82, 2.24) is 10.3 Å². The lowest BCUT2D eigenvalue weighted by molar-refractivity contribution is 0.144. The third kappa shape index (κ3) is 2.97. The van der Waals surface area contributed by atoms with Crippen LogP contribution in [0.4, 0.5) is 10.5 Å². The van der Waals surface area contributed by atoms with E-state index in [9.17, 15) is 9.90 Å². The van der Waals surface area contributed by atoms with Crippen molar-refractivity contribution in [3.05, 3.63) is 72.4 Å². The normalized spacial score (nSPS) is 14.9. The number of nitrogens with zero attached hydrogens (tertiary/aromatic N) is 1. The number of pyridine rings is 1. The zero-order chi connectivity index (χ0) is 20.7. The fourth-order valence-corrected chi connectivity index (χ4v) is 4.26. The molecular weight excluding hydrogens is 378 g/mol. The Kier molecular flexibility index (Phi) is 4.20. The second-order valence-corrected chi connectivity index (χ2v) is 7.74. The number of nitrogens with two attached hydrogens (primary N) is 1. The molecule has 5 rings (SSSR count). The number of furan rings is 1. The molecule has 0 aliphatic heterocycles. The highest BCUT2D eigenvalue weighted by molar-refractivity contribution is 6.01. The number of anilines is 1. The number of hydrogen-bond donors (Lipinski definition) is 3. The summed E-state index contributed by atoms with van der Waals surface area (Å²) >= 11 is 0. The summed E-state index contributed by atoms with van der Waals surface area (Å²) in [6, 6.07) is 19.8. The molecule has 0 unspecified atom stereocenters. The van der Waals surface area contributed by atoms with Crippen molar-refractivity contribution in [2.45, 2.75) is 24.8 Å². The molecule has 4 N–H and O–H groups in total. The molecule has 2 heterocycles. The van der Waals surface area contributed by atoms with Gasteiger partial charge in [0.25, 0.3) is 0 Å². The molecule has 6 nitrogen and oxygen atoms in total. The fraction of sp³-hybridized carbons (Fsp3) is 0.167. The molecule has 1 saturated carbocycles. The molecule has 0 bridgehead atoms. The first-order chi connectivity index (χ1) is 14.6. The van der Waals surface area contributed by atoms with Gasteiger partial charge in [-0.15, -0.1) is 0 Å². The molecule has 1 aliphatic carbocycles. The quantitative estimate of drug-likeness (QED) is 0.427. The molecule has 4 aromatic rings. The highest BCUT2D eigenvalue weighted by Crippen LogP contribution is 2.44. The number of rotatable bonds is 4. The van der Waals surface area contributed by atoms with Crippen LogP contribution in [0.2, 0.25) is 0 Å². The SMILES string of the molecule is Nc1cnc2oc(-c3ccc(C4(NC(=O)O)CCC4)cc3)c(-c3ccccc3)c2c1. The van der Waals surface area contributed by atoms with E-state index in [0.717, 1.165) is 52.7 Å². The highest BCUT2D eigenvalue weighted by Gasteiger charge is 2.40. The molecule has 1 fully saturated rings. The molecular formula is C24H21N3O3. The number of nitrogen functional groups attached to an aromatic ring is 1. The summed E-state index contributed by atoms with van der Waals surface area (Å²) in [4.78, 5) is 15.6. The van der Waals surface area contributed by atoms with Crippen molar-refractivity contribution in [2.75, 3.05) is 5.73 Å². The maximum Gasteiger partial charge on any atom is 0.405 e. The monoisotopic (exact) mass is 399 g/mol. The smallest absolute Gasteiger partial charge is 0.405 e. The lowest BCUT2D eigenvalue weighted by Crippen LogP contribution is -2.50. The van der Waals surface area contributed by atoms with Crippen molar-refractivity contribution in [1.29, 1.82) is 0 Å². The van der Waals surface area contributed by atoms with E-state index in [1.165, 1.54) is 0 Å². The van der Waals surface area contributed by atoms with E-state index in [2.05, 4.69) is 10.3 Å². The van der Waals surface area contributed by atoms with Gasteiger partial charge in [-0.05, 0) is 36.5 Å². The number of carbonyl (C=O) groups is 1. The van der Waals surface area contributed by atoms with Crippen molar-refractivity contribution < 1.29 is 14.3 Å². The third-order valence-corrected chi connectivity index (χ3v) is 5.88. The summed E-state index contributed by atoms with van der Waals surface area (Å²) in [6.07, 6.45) is 3.22. The first kappa shape index (κ1) is 18.2. The van der Waals surface area contributed by atoms with Crippen molar-refractivity contribution in [3.8, 4) is 22.5 Å². The molecule has 0 radical (unpaired) electrons. The second kappa shape index (κ2) is 6.91. The fourth-order valence-electron chi connectivity index (χ4n) is 4.26. The second-order valence-electron chi connectivity index (χ2n) is 7.74. The van der Waals surface area contributed by atoms with E-state index < -0.39 is 11.6 Å². The highest BCUT2D eigenvalue weighted by atomic mass is 16.4. The van der Waals surface area contributed by atoms with Crippen molar-refractivity contribution >= 4 is 22.9 Å². The summed E-state index contributed by atoms with van der Waals surface area (Å²) < 4.78 is 6.15. The van der Waals surface area contributed by atoms with Crippen LogP contribution in [0.25, 0.3) is 33.6 Å². The van der Waals surface area contributed by atoms with Crippen LogP contribution in [0.3, 0.4) is 0 Å². The number of nitrogens with one attached hydrogen (secondary N) is 1. The predicted octanol–water partition coefficient (Wildman–Crippen LogP) is 5.39. The number of benzene rings is 2. The van der Waals surface area contributed by atoms with E-state index in [4.69, 9.17) is 10.2 Å². The van der Waals surface area contributed by atoms with Gasteiger partial charge in [0.2, 0.25) is 5.71 Å². The van der Waals surface area contributed by atoms with Crippen LogP contribution in [0.15, 0.2) is 71.3 Å². The maximum atomic E-state index is 11.3. The largest absolute Gasteiger partial charge is 0.465 e. The Bertz CT molecular complexity index is 1230. The zero-order valence-electron chi connectivity index (χ0n) is 16.3. The zero-order valence-corrected chi connectivity index (χ0v) is 16.3. The van der Waals surface area contributed by atoms with Gasteiger partial charge >= 0.3 is 6.09 Å². The van der Waals surface area contributed by atoms with Crippen LogP contribution in [0, 0.1) is 0 Å². The number of amides is 1. The van der Waals surface area contributed by atoms with Gasteiger partial charge < -0.3 is 20.6 Å². The minimum Gasteiger partial charge on any atom is -0.465 e. The Morgan fingerprint density at radius 2 is 1.80 bits per heavy atom. The van der Waals surface area contributed by atoms with Gasteiger partial charge in [-0.25, -0.2) is 9.78 Å². The summed E-state index contributed by atoms with van der Waals surface area (Å²) in [5, 5.41) is 12.8. The van der Waals surface area contributed by atoms with Gasteiger partial charge in [0.15, 0.2) is 0 Å². The van der Waals surface area contributed by atoms with Crippen LogP contribution in [0.1, 0.15) is 24.8 Å². The van der Waals surface area contributed by atoms with Gasteiger partial charge in [-0.2, -0.15) is 0 Å². The lowest BCUT2D eigenvalue weighted by atomic mass is 9.72. The summed E-state index contributed by atoms with van der Waals surface area (Å²) in [5.41, 5.74) is 10.4. The molecule has 0 spiro atoms. The first-order valence-electron chi connectivity index (χ1n) is 9.91. The van der Waals surface area contributed by atoms with Crippen molar-refractivity contribution in [3.63, 3.8) is 0 Å². The third-order valence-electron chi connectivity index (χ3n) is 5.88. The van der Waals surface area contributed by atoms with E-state index in [0.29, 0.717) is 11.4 Å². The number of carboxylic acid groups (broad SMARTS) is 1. The van der Waals surface area contributed by atoms with Gasteiger partial charge in [0, 0.05) is 11.1 Å². The summed E-state index contributed by atoms with van der Waals surface area (Å²) in [5.74, 6) is 0.717. The molecule has 1 amide bonds. The number of fused-ring (bicyclic) bond motifs is 1. The Balaban J connectivity index is 1.62. The lowest BCUT2D eigenvalue weighted by Gasteiger charge is -2.42. The molecule has 30 heavy (non-hydrogen) atoms. The van der Waals surface area contributed by atoms with Crippen LogP contribution in [-0.4, -0.2) is 16.2 Å². The molecule has 0 saturated heterocycles. The average Bonchev–Trinajstić information content (AvgIpc) is 3.10. The standard InChI is InChI=1S/C24H21N3O3/c25-18-13-19-20(15-5-2-1-3-6-15)21(30-22(19)26-14-18)16-7-9-17(10-8-16)24(11-4-12-24)27-23(28)29/h1-3,5-10,13-14,27H,4,11-12,25H2,(H,28,29). The Morgan fingerprint density at radius 1 is 1.07 bits per heavy atom. The number of hydrogen-bond acceptors (Lipinski definition) is 4. The van der Waals surface area contributed by atoms with E-state index >= 15 is 0 Å². The topological polar surface area (TPSA) is 101 Å². The van der Waals surface area contributed by atoms with Crippen LogP contribution in [0.5, 0.6) is 0 Å². The Hall–Kier alpha value is -3.80. The Morgan fingerprint density at radius 3 is 2.43 bits per heavy atom. The van der Waals surface area contributed by atoms with E-state index in [1.807, 2.05) is 60.7 Å². The molecule has 1 aliphatic rings. The predicted molar refractivity (Wildman–Crippen MR) is 116 cm³/mol. The van der Waals surface area contributed by atoms with Gasteiger partial charge in [-0.3, -0.25) is 0 Å². The van der Waals surface area contributed by atoms with Crippen LogP contribution < -0.4 is 11.1 Å².